The van der Waals surface area contributed by atoms with E-state index in [1.54, 1.807) is 31.2 Å². The molecule has 1 heterocycles. The van der Waals surface area contributed by atoms with Crippen molar-refractivity contribution in [3.8, 4) is 0 Å². The molecule has 0 radical (unpaired) electrons. The van der Waals surface area contributed by atoms with Crippen LogP contribution >= 0.6 is 11.6 Å². The third-order valence-electron chi connectivity index (χ3n) is 4.00. The molecule has 27 heavy (non-hydrogen) atoms. The number of rotatable bonds is 5. The molecule has 0 aromatic heterocycles. The number of carbonyl (C=O) groups excluding carboxylic acids is 2. The molecule has 0 unspecified atom stereocenters. The number of hydrogen-bond acceptors (Lipinski definition) is 4. The molecule has 2 N–H and O–H groups in total. The number of benzene rings is 2. The van der Waals surface area contributed by atoms with Gasteiger partial charge in [-0.15, -0.1) is 0 Å². The van der Waals surface area contributed by atoms with Gasteiger partial charge >= 0.3 is 0 Å². The molecule has 0 fully saturated rings. The van der Waals surface area contributed by atoms with Crippen LogP contribution in [0.25, 0.3) is 0 Å². The Labute approximate surface area is 160 Å². The van der Waals surface area contributed by atoms with Crippen LogP contribution in [0.4, 0.5) is 10.1 Å². The smallest absolute Gasteiger partial charge is 0.264 e. The number of nitrogens with zero attached hydrogens (tertiary/aromatic N) is 1. The van der Waals surface area contributed by atoms with Crippen molar-refractivity contribution in [3.05, 3.63) is 64.9 Å². The summed E-state index contributed by atoms with van der Waals surface area (Å²) < 4.78 is 12.9. The minimum Gasteiger partial charge on any atom is -0.382 e. The number of amides is 2. The third kappa shape index (κ3) is 4.83. The number of oxime groups is 1. The molecule has 1 aliphatic rings. The summed E-state index contributed by atoms with van der Waals surface area (Å²) in [6, 6.07) is 11.6. The average Bonchev–Trinajstić information content (AvgIpc) is 3.14. The standard InChI is InChI=1S/C19H17ClFN3O3/c1-11(18(25)23-15-8-6-14(21)7-9-15)22-19(26)17-10-16(24-27-17)12-2-4-13(20)5-3-12/h2-9,11,17H,10H2,1H3,(H,22,26)(H,23,25)/t11-,17-/m1/s1. The first-order chi connectivity index (χ1) is 12.9. The molecule has 2 atom stereocenters. The molecule has 0 saturated carbocycles. The Morgan fingerprint density at radius 3 is 2.52 bits per heavy atom. The number of halogens is 2. The lowest BCUT2D eigenvalue weighted by Crippen LogP contribution is -2.46. The van der Waals surface area contributed by atoms with Crippen molar-refractivity contribution in [3.63, 3.8) is 0 Å². The first-order valence-electron chi connectivity index (χ1n) is 8.28. The molecule has 8 heteroatoms. The van der Waals surface area contributed by atoms with Crippen LogP contribution in [0.5, 0.6) is 0 Å². The minimum absolute atomic E-state index is 0.291. The van der Waals surface area contributed by atoms with Crippen molar-refractivity contribution in [2.45, 2.75) is 25.5 Å². The van der Waals surface area contributed by atoms with Crippen LogP contribution in [0.2, 0.25) is 5.02 Å². The maximum absolute atomic E-state index is 12.9. The maximum Gasteiger partial charge on any atom is 0.264 e. The highest BCUT2D eigenvalue weighted by Gasteiger charge is 2.30. The zero-order valence-corrected chi connectivity index (χ0v) is 15.2. The Hall–Kier alpha value is -2.93. The van der Waals surface area contributed by atoms with Crippen LogP contribution in [0.3, 0.4) is 0 Å². The number of nitrogens with one attached hydrogen (secondary N) is 2. The number of carbonyl (C=O) groups is 2. The van der Waals surface area contributed by atoms with Crippen molar-refractivity contribution in [2.75, 3.05) is 5.32 Å². The summed E-state index contributed by atoms with van der Waals surface area (Å²) in [5, 5.41) is 9.74. The van der Waals surface area contributed by atoms with E-state index in [1.165, 1.54) is 24.3 Å². The fourth-order valence-electron chi connectivity index (χ4n) is 2.49. The quantitative estimate of drug-likeness (QED) is 0.824. The Morgan fingerprint density at radius 1 is 1.19 bits per heavy atom. The molecule has 2 aromatic rings. The van der Waals surface area contributed by atoms with E-state index in [-0.39, 0.29) is 0 Å². The van der Waals surface area contributed by atoms with E-state index in [4.69, 9.17) is 16.4 Å². The first-order valence-corrected chi connectivity index (χ1v) is 8.65. The summed E-state index contributed by atoms with van der Waals surface area (Å²) in [4.78, 5) is 29.7. The fourth-order valence-corrected chi connectivity index (χ4v) is 2.61. The van der Waals surface area contributed by atoms with Gasteiger partial charge in [-0.1, -0.05) is 28.9 Å². The highest BCUT2D eigenvalue weighted by molar-refractivity contribution is 6.30. The van der Waals surface area contributed by atoms with E-state index < -0.39 is 29.8 Å². The molecule has 0 saturated heterocycles. The van der Waals surface area contributed by atoms with E-state index in [0.717, 1.165) is 5.56 Å². The SMILES string of the molecule is C[C@@H](NC(=O)[C@H]1CC(c2ccc(Cl)cc2)=NO1)C(=O)Nc1ccc(F)cc1. The summed E-state index contributed by atoms with van der Waals surface area (Å²) >= 11 is 5.86. The molecule has 2 amide bonds. The molecule has 0 spiro atoms. The summed E-state index contributed by atoms with van der Waals surface area (Å²) in [5.74, 6) is -1.26. The Balaban J connectivity index is 1.52. The molecular weight excluding hydrogens is 373 g/mol. The Kier molecular flexibility index (Phi) is 5.71. The van der Waals surface area contributed by atoms with Gasteiger partial charge in [0.1, 0.15) is 11.9 Å². The lowest BCUT2D eigenvalue weighted by atomic mass is 10.0. The average molecular weight is 390 g/mol. The van der Waals surface area contributed by atoms with Crippen LogP contribution in [-0.2, 0) is 14.4 Å². The molecule has 6 nitrogen and oxygen atoms in total. The second-order valence-corrected chi connectivity index (χ2v) is 6.51. The van der Waals surface area contributed by atoms with Crippen molar-refractivity contribution in [1.29, 1.82) is 0 Å². The van der Waals surface area contributed by atoms with Gasteiger partial charge in [0.2, 0.25) is 12.0 Å². The zero-order chi connectivity index (χ0) is 19.4. The summed E-state index contributed by atoms with van der Waals surface area (Å²) in [6.45, 7) is 1.55. The van der Waals surface area contributed by atoms with Gasteiger partial charge in [-0.3, -0.25) is 9.59 Å². The largest absolute Gasteiger partial charge is 0.382 e. The van der Waals surface area contributed by atoms with Crippen LogP contribution in [0.15, 0.2) is 53.7 Å². The molecule has 1 aliphatic heterocycles. The molecular formula is C19H17ClFN3O3. The van der Waals surface area contributed by atoms with Crippen molar-refractivity contribution >= 4 is 34.8 Å². The van der Waals surface area contributed by atoms with Gasteiger partial charge in [0, 0.05) is 17.1 Å². The first kappa shape index (κ1) is 18.8. The van der Waals surface area contributed by atoms with Crippen LogP contribution < -0.4 is 10.6 Å². The monoisotopic (exact) mass is 389 g/mol. The summed E-state index contributed by atoms with van der Waals surface area (Å²) in [7, 11) is 0. The van der Waals surface area contributed by atoms with Gasteiger partial charge in [0.05, 0.1) is 5.71 Å². The molecule has 2 aromatic carbocycles. The number of hydrogen-bond donors (Lipinski definition) is 2. The van der Waals surface area contributed by atoms with Gasteiger partial charge < -0.3 is 15.5 Å². The lowest BCUT2D eigenvalue weighted by molar-refractivity contribution is -0.134. The van der Waals surface area contributed by atoms with Gasteiger partial charge in [0.15, 0.2) is 0 Å². The lowest BCUT2D eigenvalue weighted by Gasteiger charge is -2.16. The van der Waals surface area contributed by atoms with Gasteiger partial charge in [-0.2, -0.15) is 0 Å². The predicted octanol–water partition coefficient (Wildman–Crippen LogP) is 3.12. The summed E-state index contributed by atoms with van der Waals surface area (Å²) in [6.07, 6.45) is -0.517. The Bertz CT molecular complexity index is 869. The molecule has 0 aliphatic carbocycles. The van der Waals surface area contributed by atoms with Gasteiger partial charge in [0.25, 0.3) is 5.91 Å². The van der Waals surface area contributed by atoms with E-state index in [0.29, 0.717) is 22.8 Å². The van der Waals surface area contributed by atoms with Crippen molar-refractivity contribution < 1.29 is 18.8 Å². The third-order valence-corrected chi connectivity index (χ3v) is 4.25. The molecule has 0 bridgehead atoms. The normalized spacial score (nSPS) is 16.9. The van der Waals surface area contributed by atoms with Crippen LogP contribution in [0.1, 0.15) is 18.9 Å². The van der Waals surface area contributed by atoms with Gasteiger partial charge in [-0.05, 0) is 48.9 Å². The second-order valence-electron chi connectivity index (χ2n) is 6.07. The highest BCUT2D eigenvalue weighted by Crippen LogP contribution is 2.19. The predicted molar refractivity (Wildman–Crippen MR) is 100 cm³/mol. The van der Waals surface area contributed by atoms with Crippen LogP contribution in [-0.4, -0.2) is 29.7 Å². The summed E-state index contributed by atoms with van der Waals surface area (Å²) in [5.41, 5.74) is 1.89. The van der Waals surface area contributed by atoms with E-state index in [2.05, 4.69) is 15.8 Å². The molecule has 140 valence electrons. The second kappa shape index (κ2) is 8.18. The van der Waals surface area contributed by atoms with E-state index >= 15 is 0 Å². The topological polar surface area (TPSA) is 79.8 Å². The van der Waals surface area contributed by atoms with Crippen molar-refractivity contribution in [2.24, 2.45) is 5.16 Å². The minimum atomic E-state index is -0.809. The highest BCUT2D eigenvalue weighted by atomic mass is 35.5. The van der Waals surface area contributed by atoms with Gasteiger partial charge in [-0.25, -0.2) is 4.39 Å². The Morgan fingerprint density at radius 2 is 1.85 bits per heavy atom. The van der Waals surface area contributed by atoms with E-state index in [9.17, 15) is 14.0 Å². The maximum atomic E-state index is 12.9. The van der Waals surface area contributed by atoms with Crippen molar-refractivity contribution in [1.82, 2.24) is 5.32 Å². The zero-order valence-electron chi connectivity index (χ0n) is 14.4. The fraction of sp³-hybridized carbons (Fsp3) is 0.211. The van der Waals surface area contributed by atoms with Crippen LogP contribution in [0, 0.1) is 5.82 Å². The van der Waals surface area contributed by atoms with E-state index in [1.807, 2.05) is 0 Å². The number of anilines is 1. The molecule has 3 rings (SSSR count).